The van der Waals surface area contributed by atoms with Gasteiger partial charge in [0, 0.05) is 17.3 Å². The van der Waals surface area contributed by atoms with Crippen LogP contribution >= 0.6 is 12.2 Å². The molecule has 1 fully saturated rings. The molecule has 98 valence electrons. The highest BCUT2D eigenvalue weighted by molar-refractivity contribution is 7.80. The molecule has 2 rings (SSSR count). The van der Waals surface area contributed by atoms with E-state index >= 15 is 0 Å². The van der Waals surface area contributed by atoms with E-state index in [1.54, 1.807) is 0 Å². The van der Waals surface area contributed by atoms with Crippen LogP contribution in [0.25, 0.3) is 0 Å². The molecule has 0 unspecified atom stereocenters. The molecule has 1 aromatic carbocycles. The maximum Gasteiger partial charge on any atom is 0.106 e. The molecule has 18 heavy (non-hydrogen) atoms. The van der Waals surface area contributed by atoms with Gasteiger partial charge in [-0.2, -0.15) is 0 Å². The molecule has 0 heterocycles. The van der Waals surface area contributed by atoms with Crippen molar-refractivity contribution in [1.82, 2.24) is 0 Å². The van der Waals surface area contributed by atoms with Crippen molar-refractivity contribution in [3.8, 4) is 0 Å². The van der Waals surface area contributed by atoms with Crippen LogP contribution in [0.3, 0.4) is 0 Å². The number of hydrogen-bond donors (Lipinski definition) is 2. The lowest BCUT2D eigenvalue weighted by molar-refractivity contribution is 0.620. The van der Waals surface area contributed by atoms with Crippen LogP contribution in [0.15, 0.2) is 18.2 Å². The Morgan fingerprint density at radius 2 is 1.89 bits per heavy atom. The van der Waals surface area contributed by atoms with E-state index in [2.05, 4.69) is 30.4 Å². The highest BCUT2D eigenvalue weighted by Gasteiger charge is 2.14. The van der Waals surface area contributed by atoms with Crippen molar-refractivity contribution in [1.29, 1.82) is 0 Å². The van der Waals surface area contributed by atoms with Crippen LogP contribution in [-0.4, -0.2) is 11.0 Å². The Balaban J connectivity index is 2.14. The predicted molar refractivity (Wildman–Crippen MR) is 82.2 cm³/mol. The topological polar surface area (TPSA) is 38.0 Å². The van der Waals surface area contributed by atoms with E-state index in [-0.39, 0.29) is 0 Å². The summed E-state index contributed by atoms with van der Waals surface area (Å²) in [4.78, 5) is 0.481. The summed E-state index contributed by atoms with van der Waals surface area (Å²) in [6.45, 7) is 2.07. The molecule has 1 aliphatic rings. The molecule has 3 heteroatoms. The zero-order valence-electron chi connectivity index (χ0n) is 11.0. The summed E-state index contributed by atoms with van der Waals surface area (Å²) in [5.41, 5.74) is 9.09. The summed E-state index contributed by atoms with van der Waals surface area (Å²) in [6, 6.07) is 6.86. The first kappa shape index (κ1) is 13.3. The van der Waals surface area contributed by atoms with Gasteiger partial charge in [-0.25, -0.2) is 0 Å². The Kier molecular flexibility index (Phi) is 4.59. The summed E-state index contributed by atoms with van der Waals surface area (Å²) in [5, 5.41) is 3.63. The monoisotopic (exact) mass is 262 g/mol. The van der Waals surface area contributed by atoms with Crippen molar-refractivity contribution in [2.24, 2.45) is 5.73 Å². The quantitative estimate of drug-likeness (QED) is 0.643. The lowest BCUT2D eigenvalue weighted by atomic mass is 10.1. The molecule has 0 spiro atoms. The Morgan fingerprint density at radius 1 is 1.22 bits per heavy atom. The van der Waals surface area contributed by atoms with Crippen LogP contribution in [0.1, 0.15) is 49.7 Å². The first-order valence-electron chi connectivity index (χ1n) is 6.84. The van der Waals surface area contributed by atoms with Gasteiger partial charge in [0.15, 0.2) is 0 Å². The number of hydrogen-bond acceptors (Lipinski definition) is 2. The SMILES string of the molecule is Cc1ccc(NC2CCCCCC2)c(C(N)=S)c1. The summed E-state index contributed by atoms with van der Waals surface area (Å²) < 4.78 is 0. The van der Waals surface area contributed by atoms with Crippen LogP contribution in [0.5, 0.6) is 0 Å². The minimum Gasteiger partial charge on any atom is -0.389 e. The highest BCUT2D eigenvalue weighted by Crippen LogP contribution is 2.24. The minimum absolute atomic E-state index is 0.481. The van der Waals surface area contributed by atoms with Crippen molar-refractivity contribution < 1.29 is 0 Å². The lowest BCUT2D eigenvalue weighted by Gasteiger charge is -2.20. The summed E-state index contributed by atoms with van der Waals surface area (Å²) >= 11 is 5.14. The normalized spacial score (nSPS) is 17.2. The summed E-state index contributed by atoms with van der Waals surface area (Å²) in [6.07, 6.45) is 7.90. The van der Waals surface area contributed by atoms with Crippen LogP contribution < -0.4 is 11.1 Å². The molecule has 1 aliphatic carbocycles. The average molecular weight is 262 g/mol. The fourth-order valence-corrected chi connectivity index (χ4v) is 2.80. The van der Waals surface area contributed by atoms with Crippen LogP contribution in [0, 0.1) is 6.92 Å². The second kappa shape index (κ2) is 6.19. The molecule has 3 N–H and O–H groups in total. The maximum absolute atomic E-state index is 5.81. The smallest absolute Gasteiger partial charge is 0.106 e. The van der Waals surface area contributed by atoms with E-state index in [1.165, 1.54) is 44.1 Å². The van der Waals surface area contributed by atoms with Gasteiger partial charge in [-0.15, -0.1) is 0 Å². The largest absolute Gasteiger partial charge is 0.389 e. The van der Waals surface area contributed by atoms with Gasteiger partial charge in [0.1, 0.15) is 4.99 Å². The molecule has 0 radical (unpaired) electrons. The fourth-order valence-electron chi connectivity index (χ4n) is 2.63. The number of rotatable bonds is 3. The van der Waals surface area contributed by atoms with E-state index in [4.69, 9.17) is 18.0 Å². The number of benzene rings is 1. The molecule has 0 amide bonds. The van der Waals surface area contributed by atoms with E-state index in [0.29, 0.717) is 11.0 Å². The van der Waals surface area contributed by atoms with Crippen molar-refractivity contribution in [3.63, 3.8) is 0 Å². The molecule has 0 atom stereocenters. The molecule has 2 nitrogen and oxygen atoms in total. The molecule has 0 bridgehead atoms. The molecule has 0 aromatic heterocycles. The second-order valence-corrected chi connectivity index (χ2v) is 5.69. The van der Waals surface area contributed by atoms with Gasteiger partial charge in [0.25, 0.3) is 0 Å². The zero-order chi connectivity index (χ0) is 13.0. The number of thiocarbonyl (C=S) groups is 1. The lowest BCUT2D eigenvalue weighted by Crippen LogP contribution is -2.21. The molecular formula is C15H22N2S. The van der Waals surface area contributed by atoms with Crippen molar-refractivity contribution in [2.75, 3.05) is 5.32 Å². The van der Waals surface area contributed by atoms with E-state index in [9.17, 15) is 0 Å². The Hall–Kier alpha value is -1.09. The van der Waals surface area contributed by atoms with Crippen LogP contribution in [0.4, 0.5) is 5.69 Å². The summed E-state index contributed by atoms with van der Waals surface area (Å²) in [7, 11) is 0. The Bertz CT molecular complexity index is 421. The third kappa shape index (κ3) is 3.45. The van der Waals surface area contributed by atoms with E-state index < -0.39 is 0 Å². The second-order valence-electron chi connectivity index (χ2n) is 5.25. The third-order valence-corrected chi connectivity index (χ3v) is 3.88. The maximum atomic E-state index is 5.81. The number of nitrogens with two attached hydrogens (primary N) is 1. The van der Waals surface area contributed by atoms with E-state index in [0.717, 1.165) is 11.3 Å². The zero-order valence-corrected chi connectivity index (χ0v) is 11.9. The van der Waals surface area contributed by atoms with E-state index in [1.807, 2.05) is 0 Å². The standard InChI is InChI=1S/C15H22N2S/c1-11-8-9-14(13(10-11)15(16)18)17-12-6-4-2-3-5-7-12/h8-10,12,17H,2-7H2,1H3,(H2,16,18). The minimum atomic E-state index is 0.481. The molecule has 1 aromatic rings. The first-order valence-corrected chi connectivity index (χ1v) is 7.24. The molecule has 0 saturated heterocycles. The van der Waals surface area contributed by atoms with Crippen LogP contribution in [0.2, 0.25) is 0 Å². The number of aryl methyl sites for hydroxylation is 1. The van der Waals surface area contributed by atoms with Gasteiger partial charge < -0.3 is 11.1 Å². The Morgan fingerprint density at radius 3 is 2.50 bits per heavy atom. The van der Waals surface area contributed by atoms with Crippen LogP contribution in [-0.2, 0) is 0 Å². The van der Waals surface area contributed by atoms with Gasteiger partial charge in [0.2, 0.25) is 0 Å². The number of anilines is 1. The summed E-state index contributed by atoms with van der Waals surface area (Å²) in [5.74, 6) is 0. The molecular weight excluding hydrogens is 240 g/mol. The Labute approximate surface area is 115 Å². The van der Waals surface area contributed by atoms with Gasteiger partial charge in [-0.1, -0.05) is 49.5 Å². The highest BCUT2D eigenvalue weighted by atomic mass is 32.1. The van der Waals surface area contributed by atoms with Gasteiger partial charge in [-0.05, 0) is 31.9 Å². The van der Waals surface area contributed by atoms with Gasteiger partial charge in [0.05, 0.1) is 0 Å². The average Bonchev–Trinajstić information content (AvgIpc) is 2.60. The number of nitrogens with one attached hydrogen (secondary N) is 1. The third-order valence-electron chi connectivity index (χ3n) is 3.66. The van der Waals surface area contributed by atoms with Gasteiger partial charge in [-0.3, -0.25) is 0 Å². The first-order chi connectivity index (χ1) is 8.66. The molecule has 0 aliphatic heterocycles. The van der Waals surface area contributed by atoms with Crippen molar-refractivity contribution >= 4 is 22.9 Å². The fraction of sp³-hybridized carbons (Fsp3) is 0.533. The van der Waals surface area contributed by atoms with Crippen molar-refractivity contribution in [3.05, 3.63) is 29.3 Å². The predicted octanol–water partition coefficient (Wildman–Crippen LogP) is 3.76. The van der Waals surface area contributed by atoms with Gasteiger partial charge >= 0.3 is 0 Å². The van der Waals surface area contributed by atoms with Crippen molar-refractivity contribution in [2.45, 2.75) is 51.5 Å². The molecule has 1 saturated carbocycles.